The number of anilines is 1. The van der Waals surface area contributed by atoms with Crippen molar-refractivity contribution < 1.29 is 32.6 Å². The molecule has 0 spiro atoms. The standard InChI is InChI=1S/C23H19F2N3O6/c24-23(25)18(34-20(30)15-9-5-2-6-10-15)16(13-32-19(29)14-7-3-1-4-8-14)33-21(23)28-12-11-17(26)27-22(28)31/h1-12,16,18,21H,13H2,(H2,26,27,31)/t16-,18+,21+/m1/s1/i22+1,27+1,28+1. The van der Waals surface area contributed by atoms with E-state index in [-0.39, 0.29) is 16.9 Å². The third-order valence-corrected chi connectivity index (χ3v) is 5.09. The van der Waals surface area contributed by atoms with Gasteiger partial charge in [0.2, 0.25) is 6.23 Å². The summed E-state index contributed by atoms with van der Waals surface area (Å²) in [5.41, 5.74) is 4.58. The summed E-state index contributed by atoms with van der Waals surface area (Å²) in [5.74, 6) is -5.86. The van der Waals surface area contributed by atoms with E-state index in [0.717, 1.165) is 12.3 Å². The third-order valence-electron chi connectivity index (χ3n) is 5.09. The lowest BCUT2D eigenvalue weighted by Gasteiger charge is -2.24. The SMILES string of the molecule is Nc1cc[15n]([C@H]2O[C@H](COC(=O)c3ccccc3)[C@H](OC(=O)c3ccccc3)C2(F)F)[13c](=O)[15n]1. The topological polar surface area (TPSA) is 123 Å². The molecule has 176 valence electrons. The van der Waals surface area contributed by atoms with Crippen LogP contribution in [0.4, 0.5) is 14.6 Å². The highest BCUT2D eigenvalue weighted by Crippen LogP contribution is 2.44. The Bertz CT molecular complexity index is 1240. The van der Waals surface area contributed by atoms with Gasteiger partial charge < -0.3 is 19.9 Å². The lowest BCUT2D eigenvalue weighted by molar-refractivity contribution is -0.142. The van der Waals surface area contributed by atoms with Gasteiger partial charge in [-0.2, -0.15) is 13.8 Å². The highest BCUT2D eigenvalue weighted by Gasteiger charge is 2.62. The predicted octanol–water partition coefficient (Wildman–Crippen LogP) is 2.44. The maximum absolute atomic E-state index is 15.5. The first-order chi connectivity index (χ1) is 16.3. The number of nitrogens with zero attached hydrogens (tertiary/aromatic N) is 2. The number of aromatic nitrogens is 2. The molecule has 0 radical (unpaired) electrons. The molecule has 1 aliphatic heterocycles. The van der Waals surface area contributed by atoms with Crippen LogP contribution in [0.25, 0.3) is 0 Å². The normalized spacial score (nSPS) is 21.1. The molecule has 0 saturated carbocycles. The monoisotopic (exact) mass is 474 g/mol. The van der Waals surface area contributed by atoms with E-state index in [1.807, 2.05) is 0 Å². The Kier molecular flexibility index (Phi) is 6.37. The molecule has 1 saturated heterocycles. The van der Waals surface area contributed by atoms with Crippen LogP contribution in [-0.4, -0.2) is 46.2 Å². The number of halogens is 2. The molecule has 4 rings (SSSR count). The van der Waals surface area contributed by atoms with E-state index in [2.05, 4.69) is 4.98 Å². The van der Waals surface area contributed by atoms with Gasteiger partial charge in [0.05, 0.1) is 11.1 Å². The summed E-state index contributed by atoms with van der Waals surface area (Å²) in [6.45, 7) is -0.663. The van der Waals surface area contributed by atoms with E-state index in [4.69, 9.17) is 19.9 Å². The van der Waals surface area contributed by atoms with E-state index in [1.165, 1.54) is 24.3 Å². The number of hydrogen-bond donors (Lipinski definition) is 1. The van der Waals surface area contributed by atoms with Crippen molar-refractivity contribution in [1.29, 1.82) is 0 Å². The van der Waals surface area contributed by atoms with Gasteiger partial charge in [0, 0.05) is 6.20 Å². The van der Waals surface area contributed by atoms with Gasteiger partial charge in [0.25, 0.3) is 0 Å². The van der Waals surface area contributed by atoms with Crippen molar-refractivity contribution in [2.45, 2.75) is 24.4 Å². The lowest BCUT2D eigenvalue weighted by atomic mass is 10.1. The first-order valence-corrected chi connectivity index (χ1v) is 10.1. The Hall–Kier alpha value is -4.12. The van der Waals surface area contributed by atoms with Gasteiger partial charge in [-0.05, 0) is 30.3 Å². The summed E-state index contributed by atoms with van der Waals surface area (Å²) in [6.07, 6.45) is -4.93. The van der Waals surface area contributed by atoms with Gasteiger partial charge in [-0.25, -0.2) is 14.4 Å². The van der Waals surface area contributed by atoms with Crippen molar-refractivity contribution in [2.75, 3.05) is 12.3 Å². The number of nitrogen functional groups attached to an aromatic ring is 1. The van der Waals surface area contributed by atoms with Gasteiger partial charge in [-0.3, -0.25) is 4.57 Å². The van der Waals surface area contributed by atoms with Crippen LogP contribution in [0.3, 0.4) is 0 Å². The van der Waals surface area contributed by atoms with Crippen LogP contribution in [-0.2, 0) is 14.2 Å². The maximum atomic E-state index is 15.5. The molecule has 2 aromatic carbocycles. The second kappa shape index (κ2) is 9.40. The van der Waals surface area contributed by atoms with Crippen molar-refractivity contribution in [3.63, 3.8) is 0 Å². The summed E-state index contributed by atoms with van der Waals surface area (Å²) < 4.78 is 47.1. The van der Waals surface area contributed by atoms with E-state index in [1.54, 1.807) is 36.4 Å². The smallest absolute Gasteiger partial charge is 0.351 e. The zero-order valence-corrected chi connectivity index (χ0v) is 17.5. The van der Waals surface area contributed by atoms with Crippen molar-refractivity contribution in [1.82, 2.24) is 9.55 Å². The molecule has 1 aliphatic rings. The Balaban J connectivity index is 1.61. The maximum Gasteiger partial charge on any atom is 0.351 e. The number of carbonyl (C=O) groups is 2. The molecule has 2 N–H and O–H groups in total. The van der Waals surface area contributed by atoms with Gasteiger partial charge in [0.1, 0.15) is 18.5 Å². The average molecular weight is 474 g/mol. The zero-order chi connectivity index (χ0) is 24.3. The molecule has 3 atom stereocenters. The fourth-order valence-electron chi connectivity index (χ4n) is 3.43. The quantitative estimate of drug-likeness (QED) is 0.541. The molecule has 3 aromatic rings. The van der Waals surface area contributed by atoms with Crippen LogP contribution in [0.5, 0.6) is 0 Å². The minimum Gasteiger partial charge on any atom is -0.459 e. The molecule has 0 unspecified atom stereocenters. The minimum atomic E-state index is -3.88. The van der Waals surface area contributed by atoms with E-state index < -0.39 is 48.6 Å². The summed E-state index contributed by atoms with van der Waals surface area (Å²) in [7, 11) is 0. The first-order valence-electron chi connectivity index (χ1n) is 10.1. The van der Waals surface area contributed by atoms with Crippen LogP contribution in [0.2, 0.25) is 0 Å². The van der Waals surface area contributed by atoms with Crippen molar-refractivity contribution >= 4 is 17.8 Å². The summed E-state index contributed by atoms with van der Waals surface area (Å²) in [6, 6.07) is 16.6. The van der Waals surface area contributed by atoms with Gasteiger partial charge in [-0.15, -0.1) is 0 Å². The molecule has 0 aliphatic carbocycles. The second-order valence-electron chi connectivity index (χ2n) is 7.40. The molecule has 0 bridgehead atoms. The minimum absolute atomic E-state index is 0.0353. The highest BCUT2D eigenvalue weighted by molar-refractivity contribution is 5.90. The third kappa shape index (κ3) is 4.64. The van der Waals surface area contributed by atoms with Gasteiger partial charge >= 0.3 is 23.6 Å². The molecule has 0 amide bonds. The van der Waals surface area contributed by atoms with Crippen LogP contribution in [0.15, 0.2) is 77.7 Å². The largest absolute Gasteiger partial charge is 0.459 e. The number of hydrogen-bond acceptors (Lipinski definition) is 8. The summed E-state index contributed by atoms with van der Waals surface area (Å²) in [4.78, 5) is 40.5. The summed E-state index contributed by atoms with van der Waals surface area (Å²) >= 11 is 0. The number of ether oxygens (including phenoxy) is 3. The van der Waals surface area contributed by atoms with Crippen molar-refractivity contribution in [3.05, 3.63) is 94.5 Å². The zero-order valence-electron chi connectivity index (χ0n) is 17.5. The predicted molar refractivity (Wildman–Crippen MR) is 114 cm³/mol. The van der Waals surface area contributed by atoms with Crippen LogP contribution >= 0.6 is 0 Å². The Labute approximate surface area is 191 Å². The van der Waals surface area contributed by atoms with E-state index >= 15 is 8.78 Å². The number of alkyl halides is 2. The first kappa shape index (κ1) is 23.1. The molecule has 2 heterocycles. The molecular formula is C23H19F2N3O6. The Morgan fingerprint density at radius 3 is 2.18 bits per heavy atom. The number of carbonyl (C=O) groups excluding carboxylic acids is 2. The molecule has 34 heavy (non-hydrogen) atoms. The molecular weight excluding hydrogens is 455 g/mol. The summed E-state index contributed by atoms with van der Waals surface area (Å²) in [5, 5.41) is 0. The highest BCUT2D eigenvalue weighted by atomic mass is 19.3. The van der Waals surface area contributed by atoms with Crippen molar-refractivity contribution in [2.24, 2.45) is 0 Å². The number of nitrogens with two attached hydrogens (primary N) is 1. The lowest BCUT2D eigenvalue weighted by Crippen LogP contribution is -2.44. The molecule has 9 nitrogen and oxygen atoms in total. The fraction of sp³-hybridized carbons (Fsp3) is 0.217. The second-order valence-corrected chi connectivity index (χ2v) is 7.40. The Morgan fingerprint density at radius 2 is 1.59 bits per heavy atom. The Morgan fingerprint density at radius 1 is 1.00 bits per heavy atom. The molecule has 1 fully saturated rings. The number of esters is 2. The van der Waals surface area contributed by atoms with Gasteiger partial charge in [0.15, 0.2) is 6.10 Å². The van der Waals surface area contributed by atoms with E-state index in [9.17, 15) is 14.4 Å². The van der Waals surface area contributed by atoms with E-state index in [0.29, 0.717) is 4.57 Å². The number of rotatable bonds is 6. The average Bonchev–Trinajstić information content (AvgIpc) is 3.08. The van der Waals surface area contributed by atoms with Crippen LogP contribution in [0.1, 0.15) is 26.9 Å². The number of benzene rings is 2. The van der Waals surface area contributed by atoms with Crippen LogP contribution < -0.4 is 11.4 Å². The van der Waals surface area contributed by atoms with Crippen molar-refractivity contribution in [3.8, 4) is 0 Å². The van der Waals surface area contributed by atoms with Gasteiger partial charge in [-0.1, -0.05) is 36.4 Å². The molecule has 11 heteroatoms. The van der Waals surface area contributed by atoms with Crippen LogP contribution in [0, 0.1) is 0 Å². The molecule has 1 aromatic heterocycles. The fourth-order valence-corrected chi connectivity index (χ4v) is 3.43.